The monoisotopic (exact) mass is 349 g/mol. The van der Waals surface area contributed by atoms with Gasteiger partial charge in [-0.05, 0) is 18.9 Å². The molecule has 2 fully saturated rings. The second-order valence-corrected chi connectivity index (χ2v) is 6.36. The number of aromatic nitrogens is 2. The molecule has 0 unspecified atom stereocenters. The fraction of sp³-hybridized carbons (Fsp3) is 0.438. The van der Waals surface area contributed by atoms with E-state index >= 15 is 0 Å². The van der Waals surface area contributed by atoms with Crippen molar-refractivity contribution in [3.8, 4) is 0 Å². The molecule has 1 saturated heterocycles. The fourth-order valence-corrected chi connectivity index (χ4v) is 3.05. The van der Waals surface area contributed by atoms with Crippen LogP contribution in [0.2, 0.25) is 0 Å². The Balaban J connectivity index is 0.00000169. The molecule has 0 atom stereocenters. The Hall–Kier alpha value is -2.12. The van der Waals surface area contributed by atoms with Gasteiger partial charge in [0.15, 0.2) is 5.69 Å². The van der Waals surface area contributed by atoms with Crippen LogP contribution in [0.25, 0.3) is 10.9 Å². The number of aromatic amines is 1. The van der Waals surface area contributed by atoms with E-state index in [1.807, 2.05) is 24.3 Å². The summed E-state index contributed by atoms with van der Waals surface area (Å²) in [5, 5.41) is 7.87. The molecule has 2 aliphatic rings. The van der Waals surface area contributed by atoms with Gasteiger partial charge in [-0.15, -0.1) is 12.4 Å². The normalized spacial score (nSPS) is 19.0. The summed E-state index contributed by atoms with van der Waals surface area (Å²) in [6.07, 6.45) is 1.54. The third-order valence-electron chi connectivity index (χ3n) is 4.74. The smallest absolute Gasteiger partial charge is 0.275 e. The third kappa shape index (κ3) is 2.74. The number of rotatable bonds is 2. The van der Waals surface area contributed by atoms with Gasteiger partial charge in [0, 0.05) is 31.6 Å². The predicted octanol–water partition coefficient (Wildman–Crippen LogP) is 0.760. The van der Waals surface area contributed by atoms with Crippen molar-refractivity contribution in [3.05, 3.63) is 30.0 Å². The molecule has 0 bridgehead atoms. The average molecular weight is 350 g/mol. The first kappa shape index (κ1) is 16.7. The number of nitrogens with two attached hydrogens (primary N) is 1. The predicted molar refractivity (Wildman–Crippen MR) is 92.0 cm³/mol. The van der Waals surface area contributed by atoms with Crippen molar-refractivity contribution in [2.45, 2.75) is 18.4 Å². The number of carbonyl (C=O) groups is 2. The maximum Gasteiger partial charge on any atom is 0.275 e. The lowest BCUT2D eigenvalue weighted by Gasteiger charge is -2.35. The highest BCUT2D eigenvalue weighted by Crippen LogP contribution is 2.34. The first-order chi connectivity index (χ1) is 11.1. The van der Waals surface area contributed by atoms with E-state index in [1.165, 1.54) is 0 Å². The van der Waals surface area contributed by atoms with Crippen molar-refractivity contribution in [1.29, 1.82) is 0 Å². The summed E-state index contributed by atoms with van der Waals surface area (Å²) in [6.45, 7) is 2.10. The Morgan fingerprint density at radius 1 is 1.08 bits per heavy atom. The van der Waals surface area contributed by atoms with Gasteiger partial charge in [0.2, 0.25) is 5.91 Å². The second kappa shape index (κ2) is 6.07. The summed E-state index contributed by atoms with van der Waals surface area (Å²) in [4.78, 5) is 28.4. The van der Waals surface area contributed by atoms with E-state index in [1.54, 1.807) is 9.80 Å². The lowest BCUT2D eigenvalue weighted by Crippen LogP contribution is -2.55. The first-order valence-corrected chi connectivity index (χ1v) is 7.89. The van der Waals surface area contributed by atoms with Gasteiger partial charge < -0.3 is 15.5 Å². The SMILES string of the molecule is Cl.NC1(C(=O)N2CCN(C(=O)c3n[nH]c4ccccc34)CC2)CC1. The maximum absolute atomic E-state index is 12.7. The van der Waals surface area contributed by atoms with Crippen molar-refractivity contribution in [2.24, 2.45) is 5.73 Å². The number of carbonyl (C=O) groups excluding carboxylic acids is 2. The fourth-order valence-electron chi connectivity index (χ4n) is 3.05. The molecular formula is C16H20ClN5O2. The summed E-state index contributed by atoms with van der Waals surface area (Å²) in [5.74, 6) is -0.0711. The van der Waals surface area contributed by atoms with Crippen LogP contribution < -0.4 is 5.73 Å². The molecule has 1 aromatic heterocycles. The molecule has 2 amide bonds. The van der Waals surface area contributed by atoms with Crippen LogP contribution in [-0.4, -0.2) is 63.5 Å². The number of nitrogens with one attached hydrogen (secondary N) is 1. The van der Waals surface area contributed by atoms with Gasteiger partial charge >= 0.3 is 0 Å². The lowest BCUT2D eigenvalue weighted by molar-refractivity contribution is -0.135. The number of hydrogen-bond donors (Lipinski definition) is 2. The largest absolute Gasteiger partial charge is 0.338 e. The van der Waals surface area contributed by atoms with Gasteiger partial charge in [-0.1, -0.05) is 18.2 Å². The highest BCUT2D eigenvalue weighted by Gasteiger charge is 2.48. The summed E-state index contributed by atoms with van der Waals surface area (Å²) in [5.41, 5.74) is 6.63. The summed E-state index contributed by atoms with van der Waals surface area (Å²) < 4.78 is 0. The molecule has 0 spiro atoms. The molecule has 4 rings (SSSR count). The summed E-state index contributed by atoms with van der Waals surface area (Å²) in [6, 6.07) is 7.57. The van der Waals surface area contributed by atoms with Crippen LogP contribution in [0.3, 0.4) is 0 Å². The number of para-hydroxylation sites is 1. The van der Waals surface area contributed by atoms with Crippen LogP contribution in [0.1, 0.15) is 23.3 Å². The Bertz CT molecular complexity index is 778. The molecule has 0 radical (unpaired) electrons. The van der Waals surface area contributed by atoms with Gasteiger partial charge in [0.1, 0.15) is 0 Å². The van der Waals surface area contributed by atoms with Crippen LogP contribution in [-0.2, 0) is 4.79 Å². The molecule has 24 heavy (non-hydrogen) atoms. The number of benzene rings is 1. The van der Waals surface area contributed by atoms with Crippen molar-refractivity contribution in [3.63, 3.8) is 0 Å². The number of amides is 2. The highest BCUT2D eigenvalue weighted by molar-refractivity contribution is 6.04. The number of piperazine rings is 1. The van der Waals surface area contributed by atoms with Crippen molar-refractivity contribution in [2.75, 3.05) is 26.2 Å². The van der Waals surface area contributed by atoms with E-state index < -0.39 is 5.54 Å². The molecular weight excluding hydrogens is 330 g/mol. The Kier molecular flexibility index (Phi) is 4.23. The molecule has 3 N–H and O–H groups in total. The van der Waals surface area contributed by atoms with Gasteiger partial charge in [-0.25, -0.2) is 0 Å². The Morgan fingerprint density at radius 2 is 1.71 bits per heavy atom. The average Bonchev–Trinajstić information content (AvgIpc) is 3.20. The minimum Gasteiger partial charge on any atom is -0.338 e. The van der Waals surface area contributed by atoms with Crippen molar-refractivity contribution in [1.82, 2.24) is 20.0 Å². The topological polar surface area (TPSA) is 95.3 Å². The van der Waals surface area contributed by atoms with Gasteiger partial charge in [0.05, 0.1) is 11.1 Å². The van der Waals surface area contributed by atoms with Crippen LogP contribution in [0.5, 0.6) is 0 Å². The first-order valence-electron chi connectivity index (χ1n) is 7.89. The van der Waals surface area contributed by atoms with Crippen LogP contribution in [0.15, 0.2) is 24.3 Å². The van der Waals surface area contributed by atoms with Gasteiger partial charge in [-0.3, -0.25) is 14.7 Å². The summed E-state index contributed by atoms with van der Waals surface area (Å²) >= 11 is 0. The number of nitrogens with zero attached hydrogens (tertiary/aromatic N) is 3. The van der Waals surface area contributed by atoms with Crippen molar-refractivity contribution < 1.29 is 9.59 Å². The quantitative estimate of drug-likeness (QED) is 0.836. The van der Waals surface area contributed by atoms with Crippen LogP contribution in [0.4, 0.5) is 0 Å². The third-order valence-corrected chi connectivity index (χ3v) is 4.74. The van der Waals surface area contributed by atoms with E-state index in [0.717, 1.165) is 23.7 Å². The Labute approximate surface area is 145 Å². The second-order valence-electron chi connectivity index (χ2n) is 6.36. The molecule has 1 aliphatic heterocycles. The zero-order valence-electron chi connectivity index (χ0n) is 13.2. The minimum atomic E-state index is -0.634. The lowest BCUT2D eigenvalue weighted by atomic mass is 10.1. The molecule has 1 saturated carbocycles. The van der Waals surface area contributed by atoms with Crippen LogP contribution >= 0.6 is 12.4 Å². The zero-order valence-corrected chi connectivity index (χ0v) is 14.0. The molecule has 8 heteroatoms. The zero-order chi connectivity index (χ0) is 16.0. The van der Waals surface area contributed by atoms with E-state index in [9.17, 15) is 9.59 Å². The van der Waals surface area contributed by atoms with E-state index in [4.69, 9.17) is 5.73 Å². The summed E-state index contributed by atoms with van der Waals surface area (Å²) in [7, 11) is 0. The molecule has 2 aromatic rings. The number of H-pyrrole nitrogens is 1. The van der Waals surface area contributed by atoms with Gasteiger partial charge in [-0.2, -0.15) is 5.10 Å². The number of hydrogen-bond acceptors (Lipinski definition) is 4. The number of fused-ring (bicyclic) bond motifs is 1. The molecule has 7 nitrogen and oxygen atoms in total. The molecule has 1 aromatic carbocycles. The van der Waals surface area contributed by atoms with E-state index in [0.29, 0.717) is 31.9 Å². The van der Waals surface area contributed by atoms with Crippen LogP contribution in [0, 0.1) is 0 Å². The maximum atomic E-state index is 12.7. The Morgan fingerprint density at radius 3 is 2.38 bits per heavy atom. The minimum absolute atomic E-state index is 0. The molecule has 1 aliphatic carbocycles. The van der Waals surface area contributed by atoms with E-state index in [-0.39, 0.29) is 24.2 Å². The molecule has 2 heterocycles. The van der Waals surface area contributed by atoms with E-state index in [2.05, 4.69) is 10.2 Å². The molecule has 128 valence electrons. The van der Waals surface area contributed by atoms with Gasteiger partial charge in [0.25, 0.3) is 5.91 Å². The van der Waals surface area contributed by atoms with Crippen molar-refractivity contribution >= 4 is 35.1 Å². The number of halogens is 1. The standard InChI is InChI=1S/C16H19N5O2.ClH/c17-16(5-6-16)15(23)21-9-7-20(8-10-21)14(22)13-11-3-1-2-4-12(11)18-19-13;/h1-4H,5-10,17H2,(H,18,19);1H. The highest BCUT2D eigenvalue weighted by atomic mass is 35.5.